The van der Waals surface area contributed by atoms with Crippen LogP contribution in [0.1, 0.15) is 0 Å². The minimum atomic E-state index is -3.90. The zero-order valence-corrected chi connectivity index (χ0v) is 14.7. The van der Waals surface area contributed by atoms with Gasteiger partial charge in [-0.15, -0.1) is 0 Å². The highest BCUT2D eigenvalue weighted by atomic mass is 79.9. The van der Waals surface area contributed by atoms with Gasteiger partial charge in [0.1, 0.15) is 35.4 Å². The van der Waals surface area contributed by atoms with E-state index in [2.05, 4.69) is 40.7 Å². The molecule has 2 aromatic heterocycles. The third-order valence-corrected chi connectivity index (χ3v) is 4.83. The Kier molecular flexibility index (Phi) is 4.44. The van der Waals surface area contributed by atoms with Gasteiger partial charge in [0.05, 0.1) is 7.11 Å². The van der Waals surface area contributed by atoms with Crippen molar-refractivity contribution in [2.45, 2.75) is 4.90 Å². The molecule has 0 amide bonds. The summed E-state index contributed by atoms with van der Waals surface area (Å²) in [6.45, 7) is 0. The van der Waals surface area contributed by atoms with E-state index in [0.717, 1.165) is 0 Å². The van der Waals surface area contributed by atoms with Gasteiger partial charge in [-0.05, 0) is 18.2 Å². The van der Waals surface area contributed by atoms with Crippen LogP contribution in [0, 0.1) is 0 Å². The Hall–Kier alpha value is -2.53. The number of halogens is 1. The number of hydrogen-bond donors (Lipinski definition) is 1. The van der Waals surface area contributed by atoms with Crippen LogP contribution in [0.3, 0.4) is 0 Å². The molecule has 11 heteroatoms. The lowest BCUT2D eigenvalue weighted by Crippen LogP contribution is -2.15. The molecule has 0 aliphatic heterocycles. The van der Waals surface area contributed by atoms with Gasteiger partial charge in [-0.25, -0.2) is 28.1 Å². The number of sulfonamides is 1. The van der Waals surface area contributed by atoms with Gasteiger partial charge in [0.25, 0.3) is 10.0 Å². The van der Waals surface area contributed by atoms with Crippen LogP contribution in [0.5, 0.6) is 5.75 Å². The van der Waals surface area contributed by atoms with Crippen molar-refractivity contribution in [3.8, 4) is 11.6 Å². The standard InChI is InChI=1S/C13H11BrN6O3S/c1-23-10-3-2-9(14)4-11(10)24(21,22)19-12-5-13(17-7-16-12)20-8-15-6-18-20/h2-8H,1H3,(H,16,17,19). The molecule has 0 fully saturated rings. The van der Waals surface area contributed by atoms with E-state index < -0.39 is 10.0 Å². The summed E-state index contributed by atoms with van der Waals surface area (Å²) in [5.41, 5.74) is 0. The summed E-state index contributed by atoms with van der Waals surface area (Å²) in [6, 6.07) is 6.13. The van der Waals surface area contributed by atoms with Crippen molar-refractivity contribution in [1.82, 2.24) is 24.7 Å². The van der Waals surface area contributed by atoms with Gasteiger partial charge in [0.2, 0.25) is 0 Å². The minimum absolute atomic E-state index is 0.0136. The number of nitrogens with zero attached hydrogens (tertiary/aromatic N) is 5. The summed E-state index contributed by atoms with van der Waals surface area (Å²) < 4.78 is 34.8. The first-order valence-electron chi connectivity index (χ1n) is 6.53. The van der Waals surface area contributed by atoms with Crippen molar-refractivity contribution in [2.75, 3.05) is 11.8 Å². The Morgan fingerprint density at radius 1 is 1.21 bits per heavy atom. The molecule has 2 heterocycles. The van der Waals surface area contributed by atoms with Gasteiger partial charge in [0, 0.05) is 10.5 Å². The van der Waals surface area contributed by atoms with Gasteiger partial charge in [-0.3, -0.25) is 4.72 Å². The van der Waals surface area contributed by atoms with Crippen LogP contribution in [0.25, 0.3) is 5.82 Å². The highest BCUT2D eigenvalue weighted by Crippen LogP contribution is 2.28. The highest BCUT2D eigenvalue weighted by molar-refractivity contribution is 9.10. The third kappa shape index (κ3) is 3.36. The molecule has 1 N–H and O–H groups in total. The molecule has 9 nitrogen and oxygen atoms in total. The monoisotopic (exact) mass is 410 g/mol. The largest absolute Gasteiger partial charge is 0.495 e. The molecule has 0 saturated heterocycles. The lowest BCUT2D eigenvalue weighted by Gasteiger charge is -2.11. The summed E-state index contributed by atoms with van der Waals surface area (Å²) in [5.74, 6) is 0.690. The van der Waals surface area contributed by atoms with E-state index >= 15 is 0 Å². The average Bonchev–Trinajstić information content (AvgIpc) is 3.09. The molecule has 0 aliphatic carbocycles. The van der Waals surface area contributed by atoms with Gasteiger partial charge in [-0.1, -0.05) is 15.9 Å². The fourth-order valence-corrected chi connectivity index (χ4v) is 3.62. The average molecular weight is 411 g/mol. The van der Waals surface area contributed by atoms with Gasteiger partial charge in [-0.2, -0.15) is 5.10 Å². The second-order valence-corrected chi connectivity index (χ2v) is 7.07. The molecule has 0 aliphatic rings. The van der Waals surface area contributed by atoms with Crippen molar-refractivity contribution in [1.29, 1.82) is 0 Å². The van der Waals surface area contributed by atoms with Crippen molar-refractivity contribution in [2.24, 2.45) is 0 Å². The molecule has 24 heavy (non-hydrogen) atoms. The zero-order valence-electron chi connectivity index (χ0n) is 12.3. The first-order valence-corrected chi connectivity index (χ1v) is 8.80. The summed E-state index contributed by atoms with van der Waals surface area (Å²) >= 11 is 3.25. The fraction of sp³-hybridized carbons (Fsp3) is 0.0769. The number of hydrogen-bond acceptors (Lipinski definition) is 7. The number of aromatic nitrogens is 5. The number of nitrogens with one attached hydrogen (secondary N) is 1. The van der Waals surface area contributed by atoms with Crippen LogP contribution in [-0.2, 0) is 10.0 Å². The smallest absolute Gasteiger partial charge is 0.266 e. The molecule has 0 unspecified atom stereocenters. The maximum atomic E-state index is 12.6. The van der Waals surface area contributed by atoms with E-state index in [9.17, 15) is 8.42 Å². The van der Waals surface area contributed by atoms with Crippen LogP contribution in [0.2, 0.25) is 0 Å². The van der Waals surface area contributed by atoms with E-state index in [1.807, 2.05) is 0 Å². The van der Waals surface area contributed by atoms with E-state index in [4.69, 9.17) is 4.74 Å². The number of methoxy groups -OCH3 is 1. The summed E-state index contributed by atoms with van der Waals surface area (Å²) in [5, 5.41) is 3.93. The van der Waals surface area contributed by atoms with Crippen molar-refractivity contribution >= 4 is 31.8 Å². The number of benzene rings is 1. The molecule has 0 radical (unpaired) electrons. The van der Waals surface area contributed by atoms with Crippen molar-refractivity contribution in [3.63, 3.8) is 0 Å². The molecule has 0 saturated carbocycles. The van der Waals surface area contributed by atoms with Crippen LogP contribution < -0.4 is 9.46 Å². The minimum Gasteiger partial charge on any atom is -0.495 e. The predicted octanol–water partition coefficient (Wildman–Crippen LogP) is 1.63. The van der Waals surface area contributed by atoms with E-state index in [1.165, 1.54) is 42.9 Å². The molecular formula is C13H11BrN6O3S. The first-order chi connectivity index (χ1) is 11.5. The number of anilines is 1. The van der Waals surface area contributed by atoms with E-state index in [0.29, 0.717) is 10.3 Å². The Morgan fingerprint density at radius 3 is 2.75 bits per heavy atom. The lowest BCUT2D eigenvalue weighted by molar-refractivity contribution is 0.403. The maximum Gasteiger partial charge on any atom is 0.266 e. The molecule has 0 bridgehead atoms. The second kappa shape index (κ2) is 6.53. The number of ether oxygens (including phenoxy) is 1. The molecule has 124 valence electrons. The maximum absolute atomic E-state index is 12.6. The van der Waals surface area contributed by atoms with E-state index in [1.54, 1.807) is 12.1 Å². The zero-order chi connectivity index (χ0) is 17.2. The van der Waals surface area contributed by atoms with Crippen LogP contribution in [-0.4, -0.2) is 40.3 Å². The Balaban J connectivity index is 1.96. The molecular weight excluding hydrogens is 400 g/mol. The Bertz CT molecular complexity index is 962. The molecule has 3 rings (SSSR count). The summed E-state index contributed by atoms with van der Waals surface area (Å²) in [4.78, 5) is 11.7. The fourth-order valence-electron chi connectivity index (χ4n) is 1.91. The molecule has 0 atom stereocenters. The predicted molar refractivity (Wildman–Crippen MR) is 88.5 cm³/mol. The molecule has 3 aromatic rings. The SMILES string of the molecule is COc1ccc(Br)cc1S(=O)(=O)Nc1cc(-n2cncn2)ncn1. The van der Waals surface area contributed by atoms with Crippen LogP contribution in [0.4, 0.5) is 5.82 Å². The Morgan fingerprint density at radius 2 is 2.04 bits per heavy atom. The number of rotatable bonds is 5. The van der Waals surface area contributed by atoms with Crippen LogP contribution in [0.15, 0.2) is 52.6 Å². The molecule has 0 spiro atoms. The molecule has 1 aromatic carbocycles. The normalized spacial score (nSPS) is 11.2. The lowest BCUT2D eigenvalue weighted by atomic mass is 10.3. The van der Waals surface area contributed by atoms with Gasteiger partial charge in [0.15, 0.2) is 5.82 Å². The topological polar surface area (TPSA) is 112 Å². The highest BCUT2D eigenvalue weighted by Gasteiger charge is 2.21. The van der Waals surface area contributed by atoms with Crippen LogP contribution >= 0.6 is 15.9 Å². The quantitative estimate of drug-likeness (QED) is 0.679. The second-order valence-electron chi connectivity index (χ2n) is 4.50. The van der Waals surface area contributed by atoms with E-state index in [-0.39, 0.29) is 16.5 Å². The Labute approximate surface area is 145 Å². The summed E-state index contributed by atoms with van der Waals surface area (Å²) in [6.07, 6.45) is 4.02. The van der Waals surface area contributed by atoms with Crippen molar-refractivity contribution < 1.29 is 13.2 Å². The van der Waals surface area contributed by atoms with Gasteiger partial charge >= 0.3 is 0 Å². The summed E-state index contributed by atoms with van der Waals surface area (Å²) in [7, 11) is -2.51. The van der Waals surface area contributed by atoms with Crippen molar-refractivity contribution in [3.05, 3.63) is 47.7 Å². The van der Waals surface area contributed by atoms with Gasteiger partial charge < -0.3 is 4.74 Å². The first kappa shape index (κ1) is 16.3. The third-order valence-electron chi connectivity index (χ3n) is 2.96.